The third kappa shape index (κ3) is 3.54. The molecule has 6 heteroatoms. The lowest BCUT2D eigenvalue weighted by Gasteiger charge is -2.13. The average Bonchev–Trinajstić information content (AvgIpc) is 2.74. The lowest BCUT2D eigenvalue weighted by Crippen LogP contribution is -2.09. The van der Waals surface area contributed by atoms with Gasteiger partial charge in [0, 0.05) is 23.5 Å². The Morgan fingerprint density at radius 1 is 1.32 bits per heavy atom. The summed E-state index contributed by atoms with van der Waals surface area (Å²) in [5.41, 5.74) is 2.15. The lowest BCUT2D eigenvalue weighted by atomic mass is 10.1. The number of nitrogens with one attached hydrogen (secondary N) is 1. The Hall–Kier alpha value is -1.40. The van der Waals surface area contributed by atoms with Gasteiger partial charge in [0.2, 0.25) is 5.89 Å². The van der Waals surface area contributed by atoms with Crippen LogP contribution in [0.15, 0.2) is 21.0 Å². The number of benzene rings is 1. The van der Waals surface area contributed by atoms with Crippen molar-refractivity contribution in [1.82, 2.24) is 15.5 Å². The summed E-state index contributed by atoms with van der Waals surface area (Å²) in [6.07, 6.45) is 0. The van der Waals surface area contributed by atoms with Gasteiger partial charge in [-0.25, -0.2) is 0 Å². The van der Waals surface area contributed by atoms with Crippen LogP contribution in [0.5, 0.6) is 5.75 Å². The molecule has 0 amide bonds. The van der Waals surface area contributed by atoms with Crippen molar-refractivity contribution in [2.45, 2.75) is 27.0 Å². The Labute approximate surface area is 120 Å². The van der Waals surface area contributed by atoms with Gasteiger partial charge < -0.3 is 14.5 Å². The Kier molecular flexibility index (Phi) is 4.55. The number of aryl methyl sites for hydroxylation is 2. The van der Waals surface area contributed by atoms with Crippen LogP contribution in [-0.2, 0) is 13.2 Å². The van der Waals surface area contributed by atoms with E-state index in [0.717, 1.165) is 27.9 Å². The topological polar surface area (TPSA) is 60.2 Å². The third-order valence-electron chi connectivity index (χ3n) is 2.59. The van der Waals surface area contributed by atoms with Crippen LogP contribution < -0.4 is 10.1 Å². The van der Waals surface area contributed by atoms with Crippen LogP contribution in [-0.4, -0.2) is 17.2 Å². The number of hydrogen-bond acceptors (Lipinski definition) is 5. The van der Waals surface area contributed by atoms with E-state index in [2.05, 4.69) is 31.4 Å². The highest BCUT2D eigenvalue weighted by Crippen LogP contribution is 2.28. The molecule has 5 nitrogen and oxygen atoms in total. The van der Waals surface area contributed by atoms with Gasteiger partial charge in [0.1, 0.15) is 5.75 Å². The second-order valence-electron chi connectivity index (χ2n) is 4.24. The first-order valence-electron chi connectivity index (χ1n) is 5.95. The van der Waals surface area contributed by atoms with E-state index >= 15 is 0 Å². The second kappa shape index (κ2) is 6.16. The van der Waals surface area contributed by atoms with Crippen molar-refractivity contribution in [1.29, 1.82) is 0 Å². The standard InChI is InChI=1S/C13H16BrN3O2/c1-8-4-11(14)5-10(6-15-3)13(8)18-7-12-17-16-9(2)19-12/h4-5,15H,6-7H2,1-3H3. The Bertz CT molecular complexity index is 569. The highest BCUT2D eigenvalue weighted by Gasteiger charge is 2.11. The minimum absolute atomic E-state index is 0.278. The van der Waals surface area contributed by atoms with Gasteiger partial charge in [0.15, 0.2) is 6.61 Å². The summed E-state index contributed by atoms with van der Waals surface area (Å²) < 4.78 is 12.2. The zero-order valence-electron chi connectivity index (χ0n) is 11.2. The van der Waals surface area contributed by atoms with Gasteiger partial charge in [0.25, 0.3) is 5.89 Å². The van der Waals surface area contributed by atoms with Gasteiger partial charge in [-0.3, -0.25) is 0 Å². The minimum atomic E-state index is 0.278. The molecule has 2 rings (SSSR count). The van der Waals surface area contributed by atoms with E-state index in [9.17, 15) is 0 Å². The number of halogens is 1. The molecule has 1 heterocycles. The van der Waals surface area contributed by atoms with Gasteiger partial charge in [-0.15, -0.1) is 10.2 Å². The highest BCUT2D eigenvalue weighted by atomic mass is 79.9. The monoisotopic (exact) mass is 325 g/mol. The molecule has 0 radical (unpaired) electrons. The van der Waals surface area contributed by atoms with E-state index in [1.807, 2.05) is 26.1 Å². The van der Waals surface area contributed by atoms with Crippen molar-refractivity contribution in [2.75, 3.05) is 7.05 Å². The molecular weight excluding hydrogens is 310 g/mol. The summed E-state index contributed by atoms with van der Waals surface area (Å²) in [6, 6.07) is 4.06. The molecule has 2 aromatic rings. The fourth-order valence-electron chi connectivity index (χ4n) is 1.86. The number of ether oxygens (including phenoxy) is 1. The summed E-state index contributed by atoms with van der Waals surface area (Å²) in [5.74, 6) is 1.88. The first-order chi connectivity index (χ1) is 9.10. The molecule has 0 saturated heterocycles. The molecule has 0 bridgehead atoms. The summed E-state index contributed by atoms with van der Waals surface area (Å²) in [6.45, 7) is 4.78. The summed E-state index contributed by atoms with van der Waals surface area (Å²) in [7, 11) is 1.90. The molecule has 0 aliphatic rings. The van der Waals surface area contributed by atoms with E-state index in [1.165, 1.54) is 0 Å². The minimum Gasteiger partial charge on any atom is -0.483 e. The van der Waals surface area contributed by atoms with Crippen molar-refractivity contribution >= 4 is 15.9 Å². The molecule has 19 heavy (non-hydrogen) atoms. The second-order valence-corrected chi connectivity index (χ2v) is 5.16. The van der Waals surface area contributed by atoms with Crippen LogP contribution in [0.25, 0.3) is 0 Å². The first-order valence-corrected chi connectivity index (χ1v) is 6.75. The van der Waals surface area contributed by atoms with E-state index < -0.39 is 0 Å². The number of hydrogen-bond donors (Lipinski definition) is 1. The average molecular weight is 326 g/mol. The van der Waals surface area contributed by atoms with Crippen LogP contribution in [0, 0.1) is 13.8 Å². The SMILES string of the molecule is CNCc1cc(Br)cc(C)c1OCc1nnc(C)o1. The van der Waals surface area contributed by atoms with Gasteiger partial charge in [0.05, 0.1) is 0 Å². The fourth-order valence-corrected chi connectivity index (χ4v) is 2.48. The predicted molar refractivity (Wildman–Crippen MR) is 75.0 cm³/mol. The van der Waals surface area contributed by atoms with Crippen molar-refractivity contribution < 1.29 is 9.15 Å². The van der Waals surface area contributed by atoms with E-state index in [4.69, 9.17) is 9.15 Å². The quantitative estimate of drug-likeness (QED) is 0.915. The van der Waals surface area contributed by atoms with Crippen LogP contribution in [0.1, 0.15) is 22.9 Å². The van der Waals surface area contributed by atoms with Crippen molar-refractivity contribution in [3.63, 3.8) is 0 Å². The molecule has 1 N–H and O–H groups in total. The molecule has 0 unspecified atom stereocenters. The van der Waals surface area contributed by atoms with Gasteiger partial charge in [-0.05, 0) is 31.7 Å². The zero-order chi connectivity index (χ0) is 13.8. The summed E-state index contributed by atoms with van der Waals surface area (Å²) in [4.78, 5) is 0. The Morgan fingerprint density at radius 3 is 2.74 bits per heavy atom. The smallest absolute Gasteiger partial charge is 0.253 e. The molecule has 0 saturated carbocycles. The van der Waals surface area contributed by atoms with E-state index in [-0.39, 0.29) is 6.61 Å². The van der Waals surface area contributed by atoms with E-state index in [1.54, 1.807) is 6.92 Å². The molecule has 0 spiro atoms. The molecule has 0 aliphatic heterocycles. The molecular formula is C13H16BrN3O2. The van der Waals surface area contributed by atoms with Crippen LogP contribution in [0.3, 0.4) is 0 Å². The normalized spacial score (nSPS) is 10.7. The summed E-state index contributed by atoms with van der Waals surface area (Å²) in [5, 5.41) is 10.8. The van der Waals surface area contributed by atoms with Crippen molar-refractivity contribution in [3.05, 3.63) is 39.5 Å². The number of aromatic nitrogens is 2. The molecule has 102 valence electrons. The Morgan fingerprint density at radius 2 is 2.11 bits per heavy atom. The molecule has 1 aromatic carbocycles. The van der Waals surface area contributed by atoms with Crippen LogP contribution in [0.2, 0.25) is 0 Å². The predicted octanol–water partition coefficient (Wildman–Crippen LogP) is 2.75. The van der Waals surface area contributed by atoms with Crippen LogP contribution in [0.4, 0.5) is 0 Å². The maximum Gasteiger partial charge on any atom is 0.253 e. The maximum atomic E-state index is 5.82. The third-order valence-corrected chi connectivity index (χ3v) is 3.05. The zero-order valence-corrected chi connectivity index (χ0v) is 12.7. The van der Waals surface area contributed by atoms with Gasteiger partial charge in [-0.1, -0.05) is 15.9 Å². The van der Waals surface area contributed by atoms with Crippen LogP contribution >= 0.6 is 15.9 Å². The molecule has 1 aromatic heterocycles. The largest absolute Gasteiger partial charge is 0.483 e. The lowest BCUT2D eigenvalue weighted by molar-refractivity contribution is 0.256. The van der Waals surface area contributed by atoms with Crippen molar-refractivity contribution in [2.24, 2.45) is 0 Å². The highest BCUT2D eigenvalue weighted by molar-refractivity contribution is 9.10. The number of nitrogens with zero attached hydrogens (tertiary/aromatic N) is 2. The van der Waals surface area contributed by atoms with Crippen molar-refractivity contribution in [3.8, 4) is 5.75 Å². The first kappa shape index (κ1) is 14.0. The molecule has 0 atom stereocenters. The van der Waals surface area contributed by atoms with E-state index in [0.29, 0.717) is 11.8 Å². The molecule has 0 fully saturated rings. The van der Waals surface area contributed by atoms with Gasteiger partial charge >= 0.3 is 0 Å². The maximum absolute atomic E-state index is 5.82. The fraction of sp³-hybridized carbons (Fsp3) is 0.385. The van der Waals surface area contributed by atoms with Gasteiger partial charge in [-0.2, -0.15) is 0 Å². The Balaban J connectivity index is 2.18. The number of rotatable bonds is 5. The molecule has 0 aliphatic carbocycles. The summed E-state index contributed by atoms with van der Waals surface area (Å²) >= 11 is 3.49.